The van der Waals surface area contributed by atoms with Crippen LogP contribution in [0.25, 0.3) is 10.8 Å². The van der Waals surface area contributed by atoms with Crippen LogP contribution in [0.15, 0.2) is 36.4 Å². The van der Waals surface area contributed by atoms with Gasteiger partial charge in [0.05, 0.1) is 18.2 Å². The van der Waals surface area contributed by atoms with Crippen molar-refractivity contribution in [3.8, 4) is 5.75 Å². The van der Waals surface area contributed by atoms with Crippen molar-refractivity contribution in [3.05, 3.63) is 42.0 Å². The Kier molecular flexibility index (Phi) is 3.09. The molecule has 98 valence electrons. The van der Waals surface area contributed by atoms with E-state index in [9.17, 15) is 9.90 Å². The molecule has 0 radical (unpaired) electrons. The van der Waals surface area contributed by atoms with Crippen molar-refractivity contribution in [2.24, 2.45) is 0 Å². The van der Waals surface area contributed by atoms with Crippen molar-refractivity contribution in [2.75, 3.05) is 13.2 Å². The van der Waals surface area contributed by atoms with Crippen molar-refractivity contribution in [3.63, 3.8) is 0 Å². The standard InChI is InChI=1S/C15H15NO3/c17-13-6-5-10-3-1-2-4-12(10)14(13)15(18)16-11-7-8-19-9-11/h1-6,11,17H,7-9H2,(H,16,18). The van der Waals surface area contributed by atoms with Gasteiger partial charge in [-0.05, 0) is 23.3 Å². The van der Waals surface area contributed by atoms with Crippen LogP contribution in [0.5, 0.6) is 5.75 Å². The van der Waals surface area contributed by atoms with Gasteiger partial charge in [0.2, 0.25) is 0 Å². The van der Waals surface area contributed by atoms with Crippen molar-refractivity contribution < 1.29 is 14.6 Å². The highest BCUT2D eigenvalue weighted by Gasteiger charge is 2.21. The van der Waals surface area contributed by atoms with Crippen LogP contribution in [-0.4, -0.2) is 30.3 Å². The number of amides is 1. The molecule has 0 saturated carbocycles. The minimum absolute atomic E-state index is 0.00937. The number of hydrogen-bond donors (Lipinski definition) is 2. The maximum atomic E-state index is 12.3. The van der Waals surface area contributed by atoms with Gasteiger partial charge in [0.25, 0.3) is 5.91 Å². The van der Waals surface area contributed by atoms with E-state index in [0.717, 1.165) is 17.2 Å². The van der Waals surface area contributed by atoms with Gasteiger partial charge in [-0.1, -0.05) is 30.3 Å². The van der Waals surface area contributed by atoms with Crippen LogP contribution in [0.2, 0.25) is 0 Å². The minimum atomic E-state index is -0.246. The van der Waals surface area contributed by atoms with Crippen LogP contribution < -0.4 is 5.32 Å². The molecule has 0 spiro atoms. The number of rotatable bonds is 2. The van der Waals surface area contributed by atoms with Gasteiger partial charge in [0, 0.05) is 6.61 Å². The number of hydrogen-bond acceptors (Lipinski definition) is 3. The Morgan fingerprint density at radius 1 is 1.26 bits per heavy atom. The van der Waals surface area contributed by atoms with Crippen LogP contribution in [0.4, 0.5) is 0 Å². The first kappa shape index (κ1) is 12.0. The molecule has 1 amide bonds. The van der Waals surface area contributed by atoms with Gasteiger partial charge in [-0.15, -0.1) is 0 Å². The number of carbonyl (C=O) groups is 1. The largest absolute Gasteiger partial charge is 0.507 e. The zero-order valence-corrected chi connectivity index (χ0v) is 10.4. The zero-order valence-electron chi connectivity index (χ0n) is 10.4. The molecule has 1 atom stereocenters. The molecule has 0 bridgehead atoms. The number of fused-ring (bicyclic) bond motifs is 1. The molecule has 0 aromatic heterocycles. The lowest BCUT2D eigenvalue weighted by Crippen LogP contribution is -2.35. The van der Waals surface area contributed by atoms with E-state index in [4.69, 9.17) is 4.74 Å². The first-order chi connectivity index (χ1) is 9.25. The number of phenolic OH excluding ortho intramolecular Hbond substituents is 1. The molecule has 2 aromatic rings. The number of benzene rings is 2. The van der Waals surface area contributed by atoms with Crippen molar-refractivity contribution in [2.45, 2.75) is 12.5 Å². The van der Waals surface area contributed by atoms with E-state index in [0.29, 0.717) is 18.8 Å². The average Bonchev–Trinajstić information content (AvgIpc) is 2.91. The number of nitrogens with one attached hydrogen (secondary N) is 1. The Labute approximate surface area is 111 Å². The van der Waals surface area contributed by atoms with Gasteiger partial charge in [0.15, 0.2) is 0 Å². The molecule has 4 nitrogen and oxygen atoms in total. The lowest BCUT2D eigenvalue weighted by Gasteiger charge is -2.13. The Hall–Kier alpha value is -2.07. The molecule has 2 aromatic carbocycles. The Balaban J connectivity index is 1.98. The monoisotopic (exact) mass is 257 g/mol. The second kappa shape index (κ2) is 4.90. The van der Waals surface area contributed by atoms with Gasteiger partial charge in [-0.2, -0.15) is 0 Å². The van der Waals surface area contributed by atoms with Gasteiger partial charge in [0.1, 0.15) is 5.75 Å². The molecule has 1 aliphatic heterocycles. The summed E-state index contributed by atoms with van der Waals surface area (Å²) in [4.78, 5) is 12.3. The fourth-order valence-corrected chi connectivity index (χ4v) is 2.40. The number of phenols is 1. The van der Waals surface area contributed by atoms with Gasteiger partial charge >= 0.3 is 0 Å². The minimum Gasteiger partial charge on any atom is -0.507 e. The molecule has 1 fully saturated rings. The summed E-state index contributed by atoms with van der Waals surface area (Å²) in [6.45, 7) is 1.21. The summed E-state index contributed by atoms with van der Waals surface area (Å²) in [5, 5.41) is 14.6. The normalized spacial score (nSPS) is 18.6. The number of carbonyl (C=O) groups excluding carboxylic acids is 1. The Morgan fingerprint density at radius 3 is 2.89 bits per heavy atom. The fraction of sp³-hybridized carbons (Fsp3) is 0.267. The average molecular weight is 257 g/mol. The second-order valence-corrected chi connectivity index (χ2v) is 4.71. The van der Waals surface area contributed by atoms with Crippen LogP contribution in [0, 0.1) is 0 Å². The molecule has 1 aliphatic rings. The molecule has 4 heteroatoms. The fourth-order valence-electron chi connectivity index (χ4n) is 2.40. The summed E-state index contributed by atoms with van der Waals surface area (Å²) >= 11 is 0. The molecule has 1 heterocycles. The van der Waals surface area contributed by atoms with Crippen LogP contribution in [0.3, 0.4) is 0 Å². The maximum absolute atomic E-state index is 12.3. The molecule has 19 heavy (non-hydrogen) atoms. The van der Waals surface area contributed by atoms with Crippen LogP contribution in [0.1, 0.15) is 16.8 Å². The topological polar surface area (TPSA) is 58.6 Å². The third-order valence-corrected chi connectivity index (χ3v) is 3.40. The van der Waals surface area contributed by atoms with Gasteiger partial charge < -0.3 is 15.2 Å². The quantitative estimate of drug-likeness (QED) is 0.865. The highest BCUT2D eigenvalue weighted by Crippen LogP contribution is 2.27. The SMILES string of the molecule is O=C(NC1CCOC1)c1c(O)ccc2ccccc12. The lowest BCUT2D eigenvalue weighted by molar-refractivity contribution is 0.0929. The summed E-state index contributed by atoms with van der Waals surface area (Å²) < 4.78 is 5.23. The summed E-state index contributed by atoms with van der Waals surface area (Å²) in [5.41, 5.74) is 0.338. The summed E-state index contributed by atoms with van der Waals surface area (Å²) in [6, 6.07) is 10.9. The van der Waals surface area contributed by atoms with Crippen LogP contribution >= 0.6 is 0 Å². The number of ether oxygens (including phenoxy) is 1. The molecule has 1 unspecified atom stereocenters. The Morgan fingerprint density at radius 2 is 2.11 bits per heavy atom. The molecular weight excluding hydrogens is 242 g/mol. The third-order valence-electron chi connectivity index (χ3n) is 3.40. The predicted octanol–water partition coefficient (Wildman–Crippen LogP) is 2.06. The summed E-state index contributed by atoms with van der Waals surface area (Å²) in [6.07, 6.45) is 0.817. The molecular formula is C15H15NO3. The third kappa shape index (κ3) is 2.27. The number of aromatic hydroxyl groups is 1. The van der Waals surface area contributed by atoms with Crippen molar-refractivity contribution in [1.29, 1.82) is 0 Å². The maximum Gasteiger partial charge on any atom is 0.255 e. The van der Waals surface area contributed by atoms with Gasteiger partial charge in [-0.3, -0.25) is 4.79 Å². The van der Waals surface area contributed by atoms with Crippen molar-refractivity contribution in [1.82, 2.24) is 5.32 Å². The van der Waals surface area contributed by atoms with E-state index >= 15 is 0 Å². The first-order valence-electron chi connectivity index (χ1n) is 6.35. The second-order valence-electron chi connectivity index (χ2n) is 4.71. The molecule has 0 aliphatic carbocycles. The van der Waals surface area contributed by atoms with E-state index in [1.54, 1.807) is 12.1 Å². The highest BCUT2D eigenvalue weighted by atomic mass is 16.5. The zero-order chi connectivity index (χ0) is 13.2. The smallest absolute Gasteiger partial charge is 0.255 e. The Bertz CT molecular complexity index is 618. The molecule has 1 saturated heterocycles. The molecule has 3 rings (SSSR count). The summed E-state index contributed by atoms with van der Waals surface area (Å²) in [7, 11) is 0. The van der Waals surface area contributed by atoms with E-state index in [1.165, 1.54) is 0 Å². The van der Waals surface area contributed by atoms with E-state index in [2.05, 4.69) is 5.32 Å². The summed E-state index contributed by atoms with van der Waals surface area (Å²) in [5.74, 6) is -0.236. The lowest BCUT2D eigenvalue weighted by atomic mass is 10.0. The van der Waals surface area contributed by atoms with Crippen LogP contribution in [-0.2, 0) is 4.74 Å². The van der Waals surface area contributed by atoms with Crippen molar-refractivity contribution >= 4 is 16.7 Å². The van der Waals surface area contributed by atoms with Gasteiger partial charge in [-0.25, -0.2) is 0 Å². The highest BCUT2D eigenvalue weighted by molar-refractivity contribution is 6.09. The first-order valence-corrected chi connectivity index (χ1v) is 6.35. The molecule has 2 N–H and O–H groups in total. The van der Waals surface area contributed by atoms with E-state index in [1.807, 2.05) is 24.3 Å². The predicted molar refractivity (Wildman–Crippen MR) is 72.3 cm³/mol. The van der Waals surface area contributed by atoms with E-state index in [-0.39, 0.29) is 17.7 Å². The van der Waals surface area contributed by atoms with E-state index < -0.39 is 0 Å².